The first-order chi connectivity index (χ1) is 15.4. The molecule has 4 heterocycles. The average molecular weight is 474 g/mol. The molecule has 1 aromatic carbocycles. The Labute approximate surface area is 193 Å². The number of fused-ring (bicyclic) bond motifs is 2. The van der Waals surface area contributed by atoms with Crippen LogP contribution in [0.1, 0.15) is 22.4 Å². The molecular weight excluding hydrogens is 453 g/mol. The number of rotatable bonds is 4. The van der Waals surface area contributed by atoms with Gasteiger partial charge in [-0.25, -0.2) is 9.37 Å². The van der Waals surface area contributed by atoms with Gasteiger partial charge < -0.3 is 19.6 Å². The predicted molar refractivity (Wildman–Crippen MR) is 120 cm³/mol. The number of carbonyl (C=O) groups excluding carboxylic acids is 1. The second kappa shape index (κ2) is 8.03. The van der Waals surface area contributed by atoms with Crippen LogP contribution in [0.15, 0.2) is 54.7 Å². The molecule has 32 heavy (non-hydrogen) atoms. The molecule has 3 atom stereocenters. The quantitative estimate of drug-likeness (QED) is 0.669. The number of halogens is 2. The number of benzene rings is 1. The number of aromatic nitrogens is 1. The van der Waals surface area contributed by atoms with Crippen LogP contribution in [0.4, 0.5) is 4.39 Å². The Morgan fingerprint density at radius 3 is 3.06 bits per heavy atom. The maximum atomic E-state index is 14.3. The fourth-order valence-corrected chi connectivity index (χ4v) is 5.56. The molecule has 0 radical (unpaired) electrons. The third-order valence-corrected chi connectivity index (χ3v) is 7.43. The van der Waals surface area contributed by atoms with E-state index in [2.05, 4.69) is 11.6 Å². The zero-order chi connectivity index (χ0) is 22.6. The van der Waals surface area contributed by atoms with E-state index in [1.54, 1.807) is 34.2 Å². The highest BCUT2D eigenvalue weighted by molar-refractivity contribution is 7.12. The molecule has 1 aromatic heterocycles. The molecule has 2 fully saturated rings. The molecule has 0 aliphatic carbocycles. The standard InChI is InChI=1S/C23H21ClFN3O3S/c1-3-14-11-31-18-10-27-9-16(12(2)21(29)20(27)23(30)28(14)18)22-26-8-15(32-22)7-13-5-4-6-17(24)19(13)25/h3-6,8-9,12,14,18,29H,1,7,10-11H2,2H3/t12?,14-,18?/m1/s1. The summed E-state index contributed by atoms with van der Waals surface area (Å²) in [5.74, 6) is -1.09. The van der Waals surface area contributed by atoms with Crippen molar-refractivity contribution in [2.24, 2.45) is 5.92 Å². The first-order valence-electron chi connectivity index (χ1n) is 10.2. The summed E-state index contributed by atoms with van der Waals surface area (Å²) in [5, 5.41) is 11.8. The minimum Gasteiger partial charge on any atom is -0.509 e. The Morgan fingerprint density at radius 1 is 1.47 bits per heavy atom. The van der Waals surface area contributed by atoms with Crippen molar-refractivity contribution in [1.29, 1.82) is 0 Å². The van der Waals surface area contributed by atoms with Gasteiger partial charge in [0.2, 0.25) is 0 Å². The minimum atomic E-state index is -0.426. The number of carbonyl (C=O) groups is 1. The van der Waals surface area contributed by atoms with E-state index in [0.29, 0.717) is 30.1 Å². The molecule has 6 nitrogen and oxygen atoms in total. The summed E-state index contributed by atoms with van der Waals surface area (Å²) in [4.78, 5) is 21.9. The van der Waals surface area contributed by atoms with Crippen LogP contribution in [0.25, 0.3) is 5.57 Å². The summed E-state index contributed by atoms with van der Waals surface area (Å²) < 4.78 is 20.1. The summed E-state index contributed by atoms with van der Waals surface area (Å²) >= 11 is 7.32. The second-order valence-electron chi connectivity index (χ2n) is 8.02. The van der Waals surface area contributed by atoms with Crippen molar-refractivity contribution < 1.29 is 19.0 Å². The van der Waals surface area contributed by atoms with Crippen LogP contribution in [-0.4, -0.2) is 51.2 Å². The fraction of sp³-hybridized carbons (Fsp3) is 0.304. The topological polar surface area (TPSA) is 65.9 Å². The van der Waals surface area contributed by atoms with Crippen LogP contribution >= 0.6 is 22.9 Å². The normalized spacial score (nSPS) is 25.0. The first-order valence-corrected chi connectivity index (χ1v) is 11.4. The zero-order valence-corrected chi connectivity index (χ0v) is 18.9. The average Bonchev–Trinajstić information content (AvgIpc) is 3.41. The van der Waals surface area contributed by atoms with E-state index in [4.69, 9.17) is 16.3 Å². The van der Waals surface area contributed by atoms with Crippen molar-refractivity contribution in [2.75, 3.05) is 13.2 Å². The van der Waals surface area contributed by atoms with Crippen LogP contribution in [0, 0.1) is 11.7 Å². The number of allylic oxidation sites excluding steroid dienone is 1. The number of amides is 1. The first kappa shape index (κ1) is 21.2. The number of hydrogen-bond donors (Lipinski definition) is 1. The maximum absolute atomic E-state index is 14.3. The van der Waals surface area contributed by atoms with Gasteiger partial charge in [0, 0.05) is 35.2 Å². The van der Waals surface area contributed by atoms with Gasteiger partial charge in [-0.05, 0) is 11.6 Å². The van der Waals surface area contributed by atoms with Crippen LogP contribution in [0.3, 0.4) is 0 Å². The highest BCUT2D eigenvalue weighted by Gasteiger charge is 2.47. The lowest BCUT2D eigenvalue weighted by Crippen LogP contribution is -2.54. The number of hydrogen-bond acceptors (Lipinski definition) is 6. The van der Waals surface area contributed by atoms with Crippen molar-refractivity contribution in [3.63, 3.8) is 0 Å². The monoisotopic (exact) mass is 473 g/mol. The lowest BCUT2D eigenvalue weighted by molar-refractivity contribution is -0.139. The van der Waals surface area contributed by atoms with Crippen molar-refractivity contribution in [3.8, 4) is 0 Å². The van der Waals surface area contributed by atoms with Gasteiger partial charge in [0.05, 0.1) is 24.2 Å². The Kier molecular flexibility index (Phi) is 5.31. The number of thiazole rings is 1. The van der Waals surface area contributed by atoms with E-state index >= 15 is 0 Å². The van der Waals surface area contributed by atoms with Gasteiger partial charge in [0.1, 0.15) is 22.3 Å². The lowest BCUT2D eigenvalue weighted by Gasteiger charge is -2.41. The lowest BCUT2D eigenvalue weighted by atomic mass is 9.93. The molecular formula is C23H21ClFN3O3S. The molecule has 1 N–H and O–H groups in total. The minimum absolute atomic E-state index is 0.0123. The van der Waals surface area contributed by atoms with E-state index in [1.165, 1.54) is 17.4 Å². The Morgan fingerprint density at radius 2 is 2.28 bits per heavy atom. The Hall–Kier alpha value is -2.68. The van der Waals surface area contributed by atoms with Gasteiger partial charge in [0.15, 0.2) is 6.23 Å². The van der Waals surface area contributed by atoms with E-state index in [9.17, 15) is 14.3 Å². The van der Waals surface area contributed by atoms with E-state index in [1.807, 2.05) is 13.1 Å². The fourth-order valence-electron chi connectivity index (χ4n) is 4.33. The number of nitrogens with zero attached hydrogens (tertiary/aromatic N) is 3. The molecule has 5 rings (SSSR count). The van der Waals surface area contributed by atoms with E-state index in [0.717, 1.165) is 10.5 Å². The van der Waals surface area contributed by atoms with Crippen LogP contribution in [0.2, 0.25) is 5.02 Å². The summed E-state index contributed by atoms with van der Waals surface area (Å²) in [5.41, 5.74) is 1.57. The van der Waals surface area contributed by atoms with Crippen molar-refractivity contribution >= 4 is 34.4 Å². The summed E-state index contributed by atoms with van der Waals surface area (Å²) in [6.45, 7) is 6.43. The van der Waals surface area contributed by atoms with Gasteiger partial charge in [-0.2, -0.15) is 0 Å². The molecule has 2 saturated heterocycles. The zero-order valence-electron chi connectivity index (χ0n) is 17.3. The van der Waals surface area contributed by atoms with Crippen molar-refractivity contribution in [1.82, 2.24) is 14.8 Å². The molecule has 2 aromatic rings. The molecule has 2 unspecified atom stereocenters. The second-order valence-corrected chi connectivity index (χ2v) is 9.54. The molecule has 0 saturated carbocycles. The van der Waals surface area contributed by atoms with Gasteiger partial charge >= 0.3 is 0 Å². The summed E-state index contributed by atoms with van der Waals surface area (Å²) in [6.07, 6.45) is 5.24. The largest absolute Gasteiger partial charge is 0.509 e. The molecule has 166 valence electrons. The van der Waals surface area contributed by atoms with Gasteiger partial charge in [-0.1, -0.05) is 36.7 Å². The van der Waals surface area contributed by atoms with Gasteiger partial charge in [-0.15, -0.1) is 17.9 Å². The number of ether oxygens (including phenoxy) is 1. The predicted octanol–water partition coefficient (Wildman–Crippen LogP) is 4.34. The third kappa shape index (κ3) is 3.34. The van der Waals surface area contributed by atoms with Gasteiger partial charge in [-0.3, -0.25) is 4.79 Å². The van der Waals surface area contributed by atoms with Crippen molar-refractivity contribution in [2.45, 2.75) is 25.6 Å². The van der Waals surface area contributed by atoms with Crippen LogP contribution in [0.5, 0.6) is 0 Å². The smallest absolute Gasteiger partial charge is 0.276 e. The molecule has 3 aliphatic heterocycles. The Balaban J connectivity index is 1.43. The number of aliphatic hydroxyl groups excluding tert-OH is 1. The van der Waals surface area contributed by atoms with Crippen molar-refractivity contribution in [3.05, 3.63) is 81.0 Å². The Bertz CT molecular complexity index is 1180. The number of piperazine rings is 1. The van der Waals surface area contributed by atoms with Gasteiger partial charge in [0.25, 0.3) is 5.91 Å². The highest BCUT2D eigenvalue weighted by atomic mass is 35.5. The maximum Gasteiger partial charge on any atom is 0.276 e. The highest BCUT2D eigenvalue weighted by Crippen LogP contribution is 2.41. The SMILES string of the molecule is C=C[C@@H]1COC2CN3C=C(c4ncc(Cc5cccc(Cl)c5F)s4)C(C)C(O)=C3C(=O)N21. The number of aliphatic hydroxyl groups is 1. The van der Waals surface area contributed by atoms with Crippen LogP contribution in [-0.2, 0) is 16.0 Å². The molecule has 3 aliphatic rings. The molecule has 1 amide bonds. The van der Waals surface area contributed by atoms with E-state index in [-0.39, 0.29) is 28.4 Å². The molecule has 0 spiro atoms. The molecule has 0 bridgehead atoms. The van der Waals surface area contributed by atoms with Crippen LogP contribution < -0.4 is 0 Å². The third-order valence-electron chi connectivity index (χ3n) is 6.09. The van der Waals surface area contributed by atoms with E-state index < -0.39 is 18.0 Å². The summed E-state index contributed by atoms with van der Waals surface area (Å²) in [6, 6.07) is 4.74. The summed E-state index contributed by atoms with van der Waals surface area (Å²) in [7, 11) is 0. The molecule has 9 heteroatoms.